The Hall–Kier alpha value is -1.70. The van der Waals surface area contributed by atoms with Crippen LogP contribution in [0.3, 0.4) is 0 Å². The number of terminal acetylenes is 1. The number of amides is 2. The van der Waals surface area contributed by atoms with Gasteiger partial charge in [-0.05, 0) is 12.8 Å². The van der Waals surface area contributed by atoms with Crippen LogP contribution in [0, 0.1) is 18.3 Å². The van der Waals surface area contributed by atoms with Crippen LogP contribution < -0.4 is 10.6 Å². The summed E-state index contributed by atoms with van der Waals surface area (Å²) in [5, 5.41) is 13.8. The van der Waals surface area contributed by atoms with Gasteiger partial charge in [-0.25, -0.2) is 9.59 Å². The van der Waals surface area contributed by atoms with Crippen molar-refractivity contribution >= 4 is 12.0 Å². The van der Waals surface area contributed by atoms with Crippen molar-refractivity contribution in [2.24, 2.45) is 5.92 Å². The van der Waals surface area contributed by atoms with Crippen LogP contribution in [0.4, 0.5) is 4.79 Å². The van der Waals surface area contributed by atoms with Crippen molar-refractivity contribution in [1.82, 2.24) is 10.6 Å². The van der Waals surface area contributed by atoms with Crippen LogP contribution in [0.5, 0.6) is 0 Å². The Labute approximate surface area is 95.6 Å². The lowest BCUT2D eigenvalue weighted by atomic mass is 9.99. The molecular weight excluding hydrogens is 208 g/mol. The lowest BCUT2D eigenvalue weighted by Crippen LogP contribution is -2.50. The smallest absolute Gasteiger partial charge is 0.326 e. The van der Waals surface area contributed by atoms with Gasteiger partial charge < -0.3 is 15.7 Å². The predicted molar refractivity (Wildman–Crippen MR) is 60.8 cm³/mol. The first-order valence-electron chi connectivity index (χ1n) is 5.18. The number of carbonyl (C=O) groups is 2. The zero-order valence-corrected chi connectivity index (χ0v) is 9.78. The van der Waals surface area contributed by atoms with Gasteiger partial charge in [-0.1, -0.05) is 26.2 Å². The van der Waals surface area contributed by atoms with Crippen molar-refractivity contribution in [3.63, 3.8) is 0 Å². The van der Waals surface area contributed by atoms with Gasteiger partial charge in [-0.3, -0.25) is 0 Å². The molecule has 16 heavy (non-hydrogen) atoms. The third kappa shape index (κ3) is 4.69. The maximum Gasteiger partial charge on any atom is 0.326 e. The van der Waals surface area contributed by atoms with E-state index < -0.39 is 24.1 Å². The third-order valence-electron chi connectivity index (χ3n) is 2.36. The number of hydrogen-bond donors (Lipinski definition) is 3. The van der Waals surface area contributed by atoms with Crippen LogP contribution in [0.1, 0.15) is 27.2 Å². The summed E-state index contributed by atoms with van der Waals surface area (Å²) in [7, 11) is 0. The molecule has 0 aliphatic rings. The number of carbonyl (C=O) groups excluding carboxylic acids is 1. The van der Waals surface area contributed by atoms with Gasteiger partial charge in [0.1, 0.15) is 6.04 Å². The molecule has 5 nitrogen and oxygen atoms in total. The Bertz CT molecular complexity index is 296. The van der Waals surface area contributed by atoms with E-state index in [1.807, 2.05) is 6.92 Å². The summed E-state index contributed by atoms with van der Waals surface area (Å²) < 4.78 is 0. The molecule has 2 amide bonds. The number of urea groups is 1. The molecule has 0 aromatic carbocycles. The number of nitrogens with one attached hydrogen (secondary N) is 2. The highest BCUT2D eigenvalue weighted by atomic mass is 16.4. The normalized spacial score (nSPS) is 15.4. The largest absolute Gasteiger partial charge is 0.480 e. The van der Waals surface area contributed by atoms with E-state index in [4.69, 9.17) is 11.5 Å². The molecule has 0 bridgehead atoms. The fourth-order valence-corrected chi connectivity index (χ4v) is 1.10. The van der Waals surface area contributed by atoms with E-state index in [2.05, 4.69) is 16.6 Å². The molecule has 0 aliphatic carbocycles. The summed E-state index contributed by atoms with van der Waals surface area (Å²) in [6.45, 7) is 5.27. The zero-order chi connectivity index (χ0) is 12.7. The van der Waals surface area contributed by atoms with E-state index in [0.29, 0.717) is 6.42 Å². The Morgan fingerprint density at radius 3 is 2.31 bits per heavy atom. The lowest BCUT2D eigenvalue weighted by Gasteiger charge is -2.20. The molecule has 3 N–H and O–H groups in total. The van der Waals surface area contributed by atoms with Crippen molar-refractivity contribution < 1.29 is 14.7 Å². The molecule has 0 spiro atoms. The molecule has 0 fully saturated rings. The maximum absolute atomic E-state index is 11.4. The highest BCUT2D eigenvalue weighted by Gasteiger charge is 2.25. The van der Waals surface area contributed by atoms with Crippen LogP contribution in [0.15, 0.2) is 0 Å². The van der Waals surface area contributed by atoms with Gasteiger partial charge in [0.2, 0.25) is 0 Å². The summed E-state index contributed by atoms with van der Waals surface area (Å²) in [5.74, 6) is 1.14. The van der Waals surface area contributed by atoms with E-state index in [-0.39, 0.29) is 5.92 Å². The second-order valence-corrected chi connectivity index (χ2v) is 3.71. The van der Waals surface area contributed by atoms with E-state index in [0.717, 1.165) is 0 Å². The third-order valence-corrected chi connectivity index (χ3v) is 2.36. The summed E-state index contributed by atoms with van der Waals surface area (Å²) >= 11 is 0. The SMILES string of the molecule is C#CC(C)NC(=O)N[C@H](C(=O)O)[C@@H](C)CC. The zero-order valence-electron chi connectivity index (χ0n) is 9.78. The van der Waals surface area contributed by atoms with Crippen LogP contribution in [0.25, 0.3) is 0 Å². The monoisotopic (exact) mass is 226 g/mol. The first-order chi connectivity index (χ1) is 7.42. The molecule has 0 heterocycles. The molecule has 0 rings (SSSR count). The highest BCUT2D eigenvalue weighted by Crippen LogP contribution is 2.07. The summed E-state index contributed by atoms with van der Waals surface area (Å²) in [5.41, 5.74) is 0. The fourth-order valence-electron chi connectivity index (χ4n) is 1.10. The molecule has 3 atom stereocenters. The standard InChI is InChI=1S/C11H18N2O3/c1-5-7(3)9(10(14)15)13-11(16)12-8(4)6-2/h2,7-9H,5H2,1,3-4H3,(H,14,15)(H2,12,13,16)/t7-,8?,9-/m0/s1. The second-order valence-electron chi connectivity index (χ2n) is 3.71. The summed E-state index contributed by atoms with van der Waals surface area (Å²) in [6.07, 6.45) is 5.76. The number of rotatable bonds is 5. The summed E-state index contributed by atoms with van der Waals surface area (Å²) in [4.78, 5) is 22.3. The Kier molecular flexibility index (Phi) is 6.01. The Balaban J connectivity index is 4.37. The van der Waals surface area contributed by atoms with Gasteiger partial charge in [-0.2, -0.15) is 0 Å². The van der Waals surface area contributed by atoms with Crippen molar-refractivity contribution in [2.75, 3.05) is 0 Å². The van der Waals surface area contributed by atoms with E-state index in [9.17, 15) is 9.59 Å². The van der Waals surface area contributed by atoms with Gasteiger partial charge in [0.05, 0.1) is 6.04 Å². The fraction of sp³-hybridized carbons (Fsp3) is 0.636. The lowest BCUT2D eigenvalue weighted by molar-refractivity contribution is -0.140. The number of hydrogen-bond acceptors (Lipinski definition) is 2. The van der Waals surface area contributed by atoms with Crippen LogP contribution >= 0.6 is 0 Å². The molecule has 0 saturated heterocycles. The van der Waals surface area contributed by atoms with E-state index in [1.54, 1.807) is 13.8 Å². The molecule has 0 aromatic heterocycles. The van der Waals surface area contributed by atoms with Crippen molar-refractivity contribution in [2.45, 2.75) is 39.3 Å². The average Bonchev–Trinajstić information content (AvgIpc) is 2.24. The number of carboxylic acid groups (broad SMARTS) is 1. The minimum absolute atomic E-state index is 0.135. The molecule has 0 saturated carbocycles. The Morgan fingerprint density at radius 1 is 1.38 bits per heavy atom. The maximum atomic E-state index is 11.4. The van der Waals surface area contributed by atoms with E-state index in [1.165, 1.54) is 0 Å². The van der Waals surface area contributed by atoms with Crippen molar-refractivity contribution in [3.05, 3.63) is 0 Å². The van der Waals surface area contributed by atoms with Gasteiger partial charge in [0, 0.05) is 0 Å². The molecule has 0 aromatic rings. The average molecular weight is 226 g/mol. The molecule has 90 valence electrons. The first-order valence-corrected chi connectivity index (χ1v) is 5.18. The van der Waals surface area contributed by atoms with Crippen molar-refractivity contribution in [1.29, 1.82) is 0 Å². The first kappa shape index (κ1) is 14.3. The minimum Gasteiger partial charge on any atom is -0.480 e. The molecule has 1 unspecified atom stereocenters. The number of aliphatic carboxylic acids is 1. The molecule has 0 radical (unpaired) electrons. The molecule has 5 heteroatoms. The predicted octanol–water partition coefficient (Wildman–Crippen LogP) is 0.807. The molecular formula is C11H18N2O3. The van der Waals surface area contributed by atoms with E-state index >= 15 is 0 Å². The quantitative estimate of drug-likeness (QED) is 0.607. The minimum atomic E-state index is -1.04. The van der Waals surface area contributed by atoms with Crippen LogP contribution in [-0.2, 0) is 4.79 Å². The van der Waals surface area contributed by atoms with Crippen LogP contribution in [0.2, 0.25) is 0 Å². The number of carboxylic acids is 1. The van der Waals surface area contributed by atoms with Crippen LogP contribution in [-0.4, -0.2) is 29.2 Å². The van der Waals surface area contributed by atoms with Gasteiger partial charge >= 0.3 is 12.0 Å². The van der Waals surface area contributed by atoms with Gasteiger partial charge in [-0.15, -0.1) is 6.42 Å². The topological polar surface area (TPSA) is 78.4 Å². The Morgan fingerprint density at radius 2 is 1.94 bits per heavy atom. The summed E-state index contributed by atoms with van der Waals surface area (Å²) in [6, 6.07) is -1.88. The highest BCUT2D eigenvalue weighted by molar-refractivity contribution is 5.83. The molecule has 0 aliphatic heterocycles. The van der Waals surface area contributed by atoms with Crippen molar-refractivity contribution in [3.8, 4) is 12.3 Å². The van der Waals surface area contributed by atoms with Gasteiger partial charge in [0.15, 0.2) is 0 Å². The second kappa shape index (κ2) is 6.72. The van der Waals surface area contributed by atoms with Gasteiger partial charge in [0.25, 0.3) is 0 Å².